The van der Waals surface area contributed by atoms with Crippen LogP contribution in [0.4, 0.5) is 0 Å². The first-order valence-electron chi connectivity index (χ1n) is 6.89. The van der Waals surface area contributed by atoms with Crippen LogP contribution in [0, 0.1) is 5.92 Å². The quantitative estimate of drug-likeness (QED) is 0.799. The number of fused-ring (bicyclic) bond motifs is 1. The van der Waals surface area contributed by atoms with Crippen LogP contribution in [0.15, 0.2) is 24.3 Å². The molecule has 0 bridgehead atoms. The van der Waals surface area contributed by atoms with E-state index in [4.69, 9.17) is 0 Å². The number of hydrogen-bond acceptors (Lipinski definition) is 2. The van der Waals surface area contributed by atoms with Gasteiger partial charge in [0.2, 0.25) is 0 Å². The van der Waals surface area contributed by atoms with E-state index in [0.29, 0.717) is 5.92 Å². The molecule has 1 saturated carbocycles. The lowest BCUT2D eigenvalue weighted by molar-refractivity contribution is -0.152. The molecule has 92 valence electrons. The molecular weight excluding hydrogens is 210 g/mol. The van der Waals surface area contributed by atoms with Gasteiger partial charge >= 0.3 is 0 Å². The summed E-state index contributed by atoms with van der Waals surface area (Å²) in [5, 5.41) is 11.8. The van der Waals surface area contributed by atoms with Crippen LogP contribution in [0.25, 0.3) is 0 Å². The Morgan fingerprint density at radius 2 is 1.82 bits per heavy atom. The third kappa shape index (κ3) is 2.12. The van der Waals surface area contributed by atoms with Crippen molar-refractivity contribution in [2.45, 2.75) is 44.6 Å². The van der Waals surface area contributed by atoms with Gasteiger partial charge in [-0.1, -0.05) is 43.5 Å². The predicted octanol–water partition coefficient (Wildman–Crippen LogP) is 3.56. The zero-order valence-corrected chi connectivity index (χ0v) is 10.3. The van der Waals surface area contributed by atoms with Crippen molar-refractivity contribution in [3.05, 3.63) is 35.4 Å². The average Bonchev–Trinajstić information content (AvgIpc) is 2.39. The highest BCUT2D eigenvalue weighted by Crippen LogP contribution is 2.40. The van der Waals surface area contributed by atoms with Crippen molar-refractivity contribution in [3.8, 4) is 0 Å². The van der Waals surface area contributed by atoms with Crippen molar-refractivity contribution in [1.29, 1.82) is 0 Å². The summed E-state index contributed by atoms with van der Waals surface area (Å²) < 4.78 is 0. The van der Waals surface area contributed by atoms with Crippen LogP contribution in [-0.2, 0) is 6.42 Å². The fraction of sp³-hybridized carbons (Fsp3) is 0.600. The fourth-order valence-corrected chi connectivity index (χ4v) is 3.53. The Labute approximate surface area is 103 Å². The number of hydrogen-bond donors (Lipinski definition) is 1. The second-order valence-electron chi connectivity index (χ2n) is 5.45. The monoisotopic (exact) mass is 231 g/mol. The molecule has 1 aromatic carbocycles. The van der Waals surface area contributed by atoms with Gasteiger partial charge in [-0.3, -0.25) is 0 Å². The van der Waals surface area contributed by atoms with Crippen LogP contribution < -0.4 is 0 Å². The van der Waals surface area contributed by atoms with Crippen molar-refractivity contribution in [2.75, 3.05) is 6.54 Å². The lowest BCUT2D eigenvalue weighted by Crippen LogP contribution is -2.37. The first-order valence-corrected chi connectivity index (χ1v) is 6.89. The van der Waals surface area contributed by atoms with E-state index in [2.05, 4.69) is 24.3 Å². The van der Waals surface area contributed by atoms with Crippen LogP contribution in [-0.4, -0.2) is 16.8 Å². The van der Waals surface area contributed by atoms with Gasteiger partial charge < -0.3 is 5.21 Å². The topological polar surface area (TPSA) is 23.5 Å². The Morgan fingerprint density at radius 1 is 1.06 bits per heavy atom. The lowest BCUT2D eigenvalue weighted by atomic mass is 9.78. The Hall–Kier alpha value is -0.860. The summed E-state index contributed by atoms with van der Waals surface area (Å²) in [6.07, 6.45) is 7.56. The third-order valence-electron chi connectivity index (χ3n) is 4.40. The molecule has 2 heteroatoms. The predicted molar refractivity (Wildman–Crippen MR) is 68.0 cm³/mol. The minimum absolute atomic E-state index is 0.250. The molecule has 1 heterocycles. The molecule has 2 aliphatic rings. The second-order valence-corrected chi connectivity index (χ2v) is 5.45. The van der Waals surface area contributed by atoms with Gasteiger partial charge in [-0.2, -0.15) is 5.06 Å². The number of nitrogens with zero attached hydrogens (tertiary/aromatic N) is 1. The summed E-state index contributed by atoms with van der Waals surface area (Å²) >= 11 is 0. The minimum Gasteiger partial charge on any atom is -0.313 e. The molecule has 0 saturated heterocycles. The van der Waals surface area contributed by atoms with Gasteiger partial charge in [0.15, 0.2) is 0 Å². The van der Waals surface area contributed by atoms with Gasteiger partial charge in [-0.05, 0) is 36.3 Å². The van der Waals surface area contributed by atoms with Crippen molar-refractivity contribution < 1.29 is 5.21 Å². The molecule has 0 aromatic heterocycles. The first kappa shape index (κ1) is 11.2. The maximum absolute atomic E-state index is 10.2. The largest absolute Gasteiger partial charge is 0.313 e. The average molecular weight is 231 g/mol. The molecule has 1 atom stereocenters. The molecule has 0 spiro atoms. The van der Waals surface area contributed by atoms with Crippen molar-refractivity contribution in [1.82, 2.24) is 5.06 Å². The zero-order valence-electron chi connectivity index (χ0n) is 10.3. The molecule has 1 unspecified atom stereocenters. The minimum atomic E-state index is 0.250. The standard InChI is InChI=1S/C15H21NO/c17-16-11-10-12-6-4-5-9-14(12)15(16)13-7-2-1-3-8-13/h4-6,9,13,15,17H,1-3,7-8,10-11H2. The van der Waals surface area contributed by atoms with E-state index >= 15 is 0 Å². The fourth-order valence-electron chi connectivity index (χ4n) is 3.53. The Bertz CT molecular complexity index is 384. The van der Waals surface area contributed by atoms with Gasteiger partial charge in [-0.15, -0.1) is 0 Å². The van der Waals surface area contributed by atoms with E-state index < -0.39 is 0 Å². The smallest absolute Gasteiger partial charge is 0.0630 e. The summed E-state index contributed by atoms with van der Waals surface area (Å²) in [5.41, 5.74) is 2.81. The number of hydroxylamine groups is 2. The highest BCUT2D eigenvalue weighted by Gasteiger charge is 2.33. The van der Waals surface area contributed by atoms with Crippen molar-refractivity contribution >= 4 is 0 Å². The third-order valence-corrected chi connectivity index (χ3v) is 4.40. The second kappa shape index (κ2) is 4.79. The van der Waals surface area contributed by atoms with E-state index in [-0.39, 0.29) is 6.04 Å². The van der Waals surface area contributed by atoms with E-state index in [1.54, 1.807) is 5.06 Å². The molecule has 17 heavy (non-hydrogen) atoms. The van der Waals surface area contributed by atoms with Crippen molar-refractivity contribution in [3.63, 3.8) is 0 Å². The Morgan fingerprint density at radius 3 is 2.65 bits per heavy atom. The molecule has 0 amide bonds. The molecule has 1 aromatic rings. The highest BCUT2D eigenvalue weighted by molar-refractivity contribution is 5.32. The van der Waals surface area contributed by atoms with Crippen molar-refractivity contribution in [2.24, 2.45) is 5.92 Å². The molecule has 3 rings (SSSR count). The van der Waals surface area contributed by atoms with Gasteiger partial charge in [0.05, 0.1) is 6.04 Å². The van der Waals surface area contributed by atoms with Gasteiger partial charge in [0, 0.05) is 6.54 Å². The van der Waals surface area contributed by atoms with Gasteiger partial charge in [-0.25, -0.2) is 0 Å². The molecule has 1 aliphatic heterocycles. The molecular formula is C15H21NO. The highest BCUT2D eigenvalue weighted by atomic mass is 16.5. The van der Waals surface area contributed by atoms with Gasteiger partial charge in [0.1, 0.15) is 0 Å². The van der Waals surface area contributed by atoms with Crippen LogP contribution in [0.1, 0.15) is 49.3 Å². The lowest BCUT2D eigenvalue weighted by Gasteiger charge is -2.39. The zero-order chi connectivity index (χ0) is 11.7. The summed E-state index contributed by atoms with van der Waals surface area (Å²) in [4.78, 5) is 0. The maximum atomic E-state index is 10.2. The van der Waals surface area contributed by atoms with E-state index in [1.165, 1.54) is 43.2 Å². The maximum Gasteiger partial charge on any atom is 0.0630 e. The van der Waals surface area contributed by atoms with Crippen LogP contribution >= 0.6 is 0 Å². The Kier molecular flexibility index (Phi) is 3.17. The Balaban J connectivity index is 1.91. The van der Waals surface area contributed by atoms with E-state index in [9.17, 15) is 5.21 Å². The number of benzene rings is 1. The molecule has 0 radical (unpaired) electrons. The summed E-state index contributed by atoms with van der Waals surface area (Å²) in [6.45, 7) is 0.790. The summed E-state index contributed by atoms with van der Waals surface area (Å²) in [5.74, 6) is 0.648. The normalized spacial score (nSPS) is 26.8. The summed E-state index contributed by atoms with van der Waals surface area (Å²) in [6, 6.07) is 8.90. The van der Waals surface area contributed by atoms with E-state index in [0.717, 1.165) is 13.0 Å². The molecule has 1 N–H and O–H groups in total. The van der Waals surface area contributed by atoms with Crippen LogP contribution in [0.2, 0.25) is 0 Å². The molecule has 2 nitrogen and oxygen atoms in total. The summed E-state index contributed by atoms with van der Waals surface area (Å²) in [7, 11) is 0. The molecule has 1 aliphatic carbocycles. The number of rotatable bonds is 1. The van der Waals surface area contributed by atoms with E-state index in [1.807, 2.05) is 0 Å². The SMILES string of the molecule is ON1CCc2ccccc2C1C1CCCCC1. The van der Waals surface area contributed by atoms with Crippen LogP contribution in [0.5, 0.6) is 0 Å². The van der Waals surface area contributed by atoms with Crippen LogP contribution in [0.3, 0.4) is 0 Å². The first-order chi connectivity index (χ1) is 8.36. The molecule has 1 fully saturated rings. The van der Waals surface area contributed by atoms with Gasteiger partial charge in [0.25, 0.3) is 0 Å².